The zero-order valence-corrected chi connectivity index (χ0v) is 14.3. The van der Waals surface area contributed by atoms with Gasteiger partial charge in [0, 0.05) is 4.47 Å². The number of carboxylic acid groups (broad SMARTS) is 1. The molecular formula is C15H17BrN2O5. The van der Waals surface area contributed by atoms with Gasteiger partial charge in [-0.15, -0.1) is 0 Å². The van der Waals surface area contributed by atoms with E-state index in [1.165, 1.54) is 4.90 Å². The molecule has 1 aliphatic rings. The molecule has 0 fully saturated rings. The fourth-order valence-electron chi connectivity index (χ4n) is 2.23. The zero-order valence-electron chi connectivity index (χ0n) is 12.7. The van der Waals surface area contributed by atoms with E-state index in [4.69, 9.17) is 9.84 Å². The van der Waals surface area contributed by atoms with Crippen LogP contribution in [0, 0.1) is 5.92 Å². The number of aliphatic carboxylic acids is 1. The van der Waals surface area contributed by atoms with Crippen LogP contribution in [0.15, 0.2) is 22.7 Å². The SMILES string of the molecule is CC(C)[C@@H](NC(=O)CN1C(=O)COc2cc(Br)ccc21)C(=O)O. The topological polar surface area (TPSA) is 95.9 Å². The number of halogens is 1. The van der Waals surface area contributed by atoms with Crippen LogP contribution in [0.5, 0.6) is 5.75 Å². The minimum Gasteiger partial charge on any atom is -0.482 e. The van der Waals surface area contributed by atoms with Crippen molar-refractivity contribution in [2.45, 2.75) is 19.9 Å². The fourth-order valence-corrected chi connectivity index (χ4v) is 2.57. The maximum Gasteiger partial charge on any atom is 0.326 e. The molecule has 2 rings (SSSR count). The van der Waals surface area contributed by atoms with E-state index < -0.39 is 17.9 Å². The highest BCUT2D eigenvalue weighted by molar-refractivity contribution is 9.10. The lowest BCUT2D eigenvalue weighted by Crippen LogP contribution is -2.50. The Balaban J connectivity index is 2.15. The van der Waals surface area contributed by atoms with Crippen LogP contribution in [-0.4, -0.2) is 42.1 Å². The van der Waals surface area contributed by atoms with Crippen LogP contribution in [-0.2, 0) is 14.4 Å². The first-order valence-electron chi connectivity index (χ1n) is 7.04. The number of nitrogens with zero attached hydrogens (tertiary/aromatic N) is 1. The van der Waals surface area contributed by atoms with Crippen molar-refractivity contribution in [2.24, 2.45) is 5.92 Å². The van der Waals surface area contributed by atoms with Crippen LogP contribution >= 0.6 is 15.9 Å². The number of ether oxygens (including phenoxy) is 1. The first-order chi connectivity index (χ1) is 10.8. The second kappa shape index (κ2) is 6.99. The van der Waals surface area contributed by atoms with Gasteiger partial charge in [0.25, 0.3) is 5.91 Å². The lowest BCUT2D eigenvalue weighted by Gasteiger charge is -2.29. The Bertz CT molecular complexity index is 647. The van der Waals surface area contributed by atoms with Gasteiger partial charge in [0.15, 0.2) is 6.61 Å². The van der Waals surface area contributed by atoms with Crippen LogP contribution in [0.25, 0.3) is 0 Å². The molecule has 8 heteroatoms. The highest BCUT2D eigenvalue weighted by atomic mass is 79.9. The molecule has 0 radical (unpaired) electrons. The van der Waals surface area contributed by atoms with Gasteiger partial charge >= 0.3 is 5.97 Å². The largest absolute Gasteiger partial charge is 0.482 e. The van der Waals surface area contributed by atoms with Crippen molar-refractivity contribution in [3.05, 3.63) is 22.7 Å². The fraction of sp³-hybridized carbons (Fsp3) is 0.400. The van der Waals surface area contributed by atoms with E-state index in [1.807, 2.05) is 0 Å². The Morgan fingerprint density at radius 1 is 1.43 bits per heavy atom. The summed E-state index contributed by atoms with van der Waals surface area (Å²) < 4.78 is 6.13. The number of carbonyl (C=O) groups is 3. The molecule has 0 aromatic heterocycles. The second-order valence-electron chi connectivity index (χ2n) is 5.51. The number of hydrogen-bond acceptors (Lipinski definition) is 4. The van der Waals surface area contributed by atoms with Gasteiger partial charge in [-0.2, -0.15) is 0 Å². The smallest absolute Gasteiger partial charge is 0.326 e. The molecule has 124 valence electrons. The monoisotopic (exact) mass is 384 g/mol. The molecule has 0 bridgehead atoms. The van der Waals surface area contributed by atoms with Gasteiger partial charge in [0.1, 0.15) is 18.3 Å². The van der Waals surface area contributed by atoms with Gasteiger partial charge in [-0.1, -0.05) is 29.8 Å². The highest BCUT2D eigenvalue weighted by Crippen LogP contribution is 2.34. The van der Waals surface area contributed by atoms with Crippen LogP contribution in [0.4, 0.5) is 5.69 Å². The molecule has 1 heterocycles. The minimum absolute atomic E-state index is 0.163. The van der Waals surface area contributed by atoms with Crippen molar-refractivity contribution in [3.63, 3.8) is 0 Å². The number of nitrogens with one attached hydrogen (secondary N) is 1. The van der Waals surface area contributed by atoms with Crippen molar-refractivity contribution in [1.82, 2.24) is 5.32 Å². The molecule has 1 aromatic carbocycles. The Morgan fingerprint density at radius 2 is 2.13 bits per heavy atom. The maximum atomic E-state index is 12.1. The average Bonchev–Trinajstić information content (AvgIpc) is 2.47. The Hall–Kier alpha value is -2.09. The predicted octanol–water partition coefficient (Wildman–Crippen LogP) is 1.40. The average molecular weight is 385 g/mol. The summed E-state index contributed by atoms with van der Waals surface area (Å²) in [6, 6.07) is 4.12. The van der Waals surface area contributed by atoms with Gasteiger partial charge in [-0.25, -0.2) is 4.79 Å². The van der Waals surface area contributed by atoms with Gasteiger partial charge < -0.3 is 15.2 Å². The molecule has 0 spiro atoms. The van der Waals surface area contributed by atoms with Crippen molar-refractivity contribution in [1.29, 1.82) is 0 Å². The summed E-state index contributed by atoms with van der Waals surface area (Å²) in [6.45, 7) is 2.98. The van der Waals surface area contributed by atoms with Crippen molar-refractivity contribution < 1.29 is 24.2 Å². The molecule has 1 atom stereocenters. The van der Waals surface area contributed by atoms with Crippen LogP contribution in [0.1, 0.15) is 13.8 Å². The summed E-state index contributed by atoms with van der Waals surface area (Å²) in [5.74, 6) is -1.77. The molecule has 0 aliphatic carbocycles. The summed E-state index contributed by atoms with van der Waals surface area (Å²) in [5.41, 5.74) is 0.482. The van der Waals surface area contributed by atoms with Crippen LogP contribution < -0.4 is 15.0 Å². The third-order valence-electron chi connectivity index (χ3n) is 3.42. The van der Waals surface area contributed by atoms with Crippen molar-refractivity contribution in [2.75, 3.05) is 18.1 Å². The molecule has 0 saturated heterocycles. The lowest BCUT2D eigenvalue weighted by atomic mass is 10.0. The molecule has 2 N–H and O–H groups in total. The first kappa shape index (κ1) is 17.3. The number of fused-ring (bicyclic) bond motifs is 1. The molecule has 2 amide bonds. The van der Waals surface area contributed by atoms with Gasteiger partial charge in [-0.3, -0.25) is 14.5 Å². The lowest BCUT2D eigenvalue weighted by molar-refractivity contribution is -0.142. The standard InChI is InChI=1S/C15H17BrN2O5/c1-8(2)14(15(21)22)17-12(19)6-18-10-4-3-9(16)5-11(10)23-7-13(18)20/h3-5,8,14H,6-7H2,1-2H3,(H,17,19)(H,21,22)/t14-/m1/s1. The summed E-state index contributed by atoms with van der Waals surface area (Å²) >= 11 is 3.31. The molecule has 0 saturated carbocycles. The number of anilines is 1. The second-order valence-corrected chi connectivity index (χ2v) is 6.42. The van der Waals surface area contributed by atoms with Gasteiger partial charge in [0.05, 0.1) is 5.69 Å². The normalized spacial score (nSPS) is 15.0. The first-order valence-corrected chi connectivity index (χ1v) is 7.83. The Kier molecular flexibility index (Phi) is 5.25. The highest BCUT2D eigenvalue weighted by Gasteiger charge is 2.29. The van der Waals surface area contributed by atoms with E-state index >= 15 is 0 Å². The number of carbonyl (C=O) groups excluding carboxylic acids is 2. The molecular weight excluding hydrogens is 368 g/mol. The predicted molar refractivity (Wildman–Crippen MR) is 86.4 cm³/mol. The van der Waals surface area contributed by atoms with E-state index in [9.17, 15) is 14.4 Å². The van der Waals surface area contributed by atoms with Crippen LogP contribution in [0.2, 0.25) is 0 Å². The molecule has 0 unspecified atom stereocenters. The quantitative estimate of drug-likeness (QED) is 0.799. The minimum atomic E-state index is -1.11. The molecule has 1 aromatic rings. The maximum absolute atomic E-state index is 12.1. The number of carboxylic acids is 1. The van der Waals surface area contributed by atoms with Crippen molar-refractivity contribution >= 4 is 39.4 Å². The van der Waals surface area contributed by atoms with E-state index in [0.29, 0.717) is 11.4 Å². The third-order valence-corrected chi connectivity index (χ3v) is 3.91. The number of rotatable bonds is 5. The Labute approximate surface area is 141 Å². The molecule has 7 nitrogen and oxygen atoms in total. The summed E-state index contributed by atoms with van der Waals surface area (Å²) in [7, 11) is 0. The van der Waals surface area contributed by atoms with E-state index in [1.54, 1.807) is 32.0 Å². The van der Waals surface area contributed by atoms with Crippen molar-refractivity contribution in [3.8, 4) is 5.75 Å². The summed E-state index contributed by atoms with van der Waals surface area (Å²) in [6.07, 6.45) is 0. The number of hydrogen-bond donors (Lipinski definition) is 2. The molecule has 23 heavy (non-hydrogen) atoms. The Morgan fingerprint density at radius 3 is 2.74 bits per heavy atom. The van der Waals surface area contributed by atoms with Gasteiger partial charge in [0.2, 0.25) is 5.91 Å². The van der Waals surface area contributed by atoms with E-state index in [-0.39, 0.29) is 25.0 Å². The third kappa shape index (κ3) is 4.01. The van der Waals surface area contributed by atoms with Crippen LogP contribution in [0.3, 0.4) is 0 Å². The van der Waals surface area contributed by atoms with Gasteiger partial charge in [-0.05, 0) is 24.1 Å². The number of amides is 2. The van der Waals surface area contributed by atoms with E-state index in [0.717, 1.165) is 4.47 Å². The van der Waals surface area contributed by atoms with E-state index in [2.05, 4.69) is 21.2 Å². The molecule has 1 aliphatic heterocycles. The summed E-state index contributed by atoms with van der Waals surface area (Å²) in [4.78, 5) is 36.6. The zero-order chi connectivity index (χ0) is 17.1. The number of benzene rings is 1. The summed E-state index contributed by atoms with van der Waals surface area (Å²) in [5, 5.41) is 11.6.